The molecule has 0 fully saturated rings. The van der Waals surface area contributed by atoms with Gasteiger partial charge < -0.3 is 5.32 Å². The first-order chi connectivity index (χ1) is 8.21. The molecule has 0 atom stereocenters. The Kier molecular flexibility index (Phi) is 4.48. The first kappa shape index (κ1) is 14.7. The minimum absolute atomic E-state index is 0.0323. The van der Waals surface area contributed by atoms with Crippen molar-refractivity contribution in [2.75, 3.05) is 5.32 Å². The summed E-state index contributed by atoms with van der Waals surface area (Å²) in [5, 5.41) is 7.79. The zero-order valence-electron chi connectivity index (χ0n) is 10.7. The van der Waals surface area contributed by atoms with Crippen LogP contribution in [0.5, 0.6) is 0 Å². The number of nitrogens with one attached hydrogen (secondary N) is 1. The van der Waals surface area contributed by atoms with Gasteiger partial charge >= 0.3 is 0 Å². The fourth-order valence-corrected chi connectivity index (χ4v) is 2.44. The van der Waals surface area contributed by atoms with Gasteiger partial charge in [0.25, 0.3) is 0 Å². The molecule has 0 aliphatic rings. The Balaban J connectivity index is 3.02. The van der Waals surface area contributed by atoms with Crippen LogP contribution in [0.3, 0.4) is 0 Å². The number of carbonyl (C=O) groups is 1. The molecule has 0 heterocycles. The summed E-state index contributed by atoms with van der Waals surface area (Å²) in [5.41, 5.74) is 0.935. The van der Waals surface area contributed by atoms with Crippen LogP contribution in [0.2, 0.25) is 0 Å². The van der Waals surface area contributed by atoms with Crippen molar-refractivity contribution in [1.82, 2.24) is 0 Å². The van der Waals surface area contributed by atoms with E-state index in [0.717, 1.165) is 0 Å². The van der Waals surface area contributed by atoms with Gasteiger partial charge in [-0.15, -0.1) is 0 Å². The number of hydrogen-bond donors (Lipinski definition) is 2. The summed E-state index contributed by atoms with van der Waals surface area (Å²) in [6.45, 7) is 5.49. The molecule has 1 amide bonds. The fourth-order valence-electron chi connectivity index (χ4n) is 1.63. The SMILES string of the molecule is Cc1c(NC(=O)CC(C)C)cccc1S(N)(=O)=O. The predicted octanol–water partition coefficient (Wildman–Crippen LogP) is 1.63. The number of nitrogens with two attached hydrogens (primary N) is 1. The highest BCUT2D eigenvalue weighted by molar-refractivity contribution is 7.89. The Morgan fingerprint density at radius 2 is 2.00 bits per heavy atom. The van der Waals surface area contributed by atoms with E-state index in [1.54, 1.807) is 19.1 Å². The standard InChI is InChI=1S/C12H18N2O3S/c1-8(2)7-12(15)14-10-5-4-6-11(9(10)3)18(13,16)17/h4-6,8H,7H2,1-3H3,(H,14,15)(H2,13,16,17). The lowest BCUT2D eigenvalue weighted by Crippen LogP contribution is -2.17. The minimum Gasteiger partial charge on any atom is -0.326 e. The van der Waals surface area contributed by atoms with Gasteiger partial charge in [0.2, 0.25) is 15.9 Å². The lowest BCUT2D eigenvalue weighted by atomic mass is 10.1. The molecule has 5 nitrogen and oxygen atoms in total. The van der Waals surface area contributed by atoms with E-state index in [1.165, 1.54) is 6.07 Å². The second-order valence-electron chi connectivity index (χ2n) is 4.62. The van der Waals surface area contributed by atoms with Crippen molar-refractivity contribution in [2.24, 2.45) is 11.1 Å². The molecule has 0 bridgehead atoms. The third-order valence-corrected chi connectivity index (χ3v) is 3.51. The van der Waals surface area contributed by atoms with E-state index in [2.05, 4.69) is 5.32 Å². The summed E-state index contributed by atoms with van der Waals surface area (Å²) >= 11 is 0. The van der Waals surface area contributed by atoms with Gasteiger partial charge in [0.1, 0.15) is 0 Å². The highest BCUT2D eigenvalue weighted by Gasteiger charge is 2.15. The van der Waals surface area contributed by atoms with E-state index >= 15 is 0 Å². The summed E-state index contributed by atoms with van der Waals surface area (Å²) in [6.07, 6.45) is 0.388. The maximum absolute atomic E-state index is 11.6. The lowest BCUT2D eigenvalue weighted by Gasteiger charge is -2.12. The number of rotatable bonds is 4. The molecular weight excluding hydrogens is 252 g/mol. The largest absolute Gasteiger partial charge is 0.326 e. The zero-order chi connectivity index (χ0) is 13.9. The second-order valence-corrected chi connectivity index (χ2v) is 6.15. The molecule has 0 spiro atoms. The molecule has 3 N–H and O–H groups in total. The molecular formula is C12H18N2O3S. The molecule has 100 valence electrons. The third kappa shape index (κ3) is 3.82. The van der Waals surface area contributed by atoms with E-state index < -0.39 is 10.0 Å². The number of hydrogen-bond acceptors (Lipinski definition) is 3. The first-order valence-electron chi connectivity index (χ1n) is 5.64. The maximum atomic E-state index is 11.6. The number of benzene rings is 1. The van der Waals surface area contributed by atoms with Gasteiger partial charge in [-0.1, -0.05) is 19.9 Å². The normalized spacial score (nSPS) is 11.6. The van der Waals surface area contributed by atoms with Crippen LogP contribution >= 0.6 is 0 Å². The molecule has 18 heavy (non-hydrogen) atoms. The Bertz CT molecular complexity index is 550. The van der Waals surface area contributed by atoms with E-state index in [4.69, 9.17) is 5.14 Å². The van der Waals surface area contributed by atoms with Crippen LogP contribution in [-0.4, -0.2) is 14.3 Å². The molecule has 0 saturated carbocycles. The Hall–Kier alpha value is -1.40. The zero-order valence-corrected chi connectivity index (χ0v) is 11.5. The number of anilines is 1. The molecule has 0 saturated heterocycles. The van der Waals surface area contributed by atoms with E-state index in [1.807, 2.05) is 13.8 Å². The summed E-state index contributed by atoms with van der Waals surface area (Å²) in [6, 6.07) is 4.63. The smallest absolute Gasteiger partial charge is 0.238 e. The molecule has 0 aliphatic carbocycles. The number of primary sulfonamides is 1. The average Bonchev–Trinajstić information content (AvgIpc) is 2.18. The highest BCUT2D eigenvalue weighted by atomic mass is 32.2. The Morgan fingerprint density at radius 1 is 1.39 bits per heavy atom. The molecule has 0 aromatic heterocycles. The minimum atomic E-state index is -3.77. The number of carbonyl (C=O) groups excluding carboxylic acids is 1. The molecule has 1 aromatic rings. The Morgan fingerprint density at radius 3 is 2.50 bits per heavy atom. The van der Waals surface area contributed by atoms with Gasteiger partial charge in [-0.3, -0.25) is 4.79 Å². The van der Waals surface area contributed by atoms with Gasteiger partial charge in [0, 0.05) is 12.1 Å². The number of sulfonamides is 1. The van der Waals surface area contributed by atoms with Crippen LogP contribution in [0.15, 0.2) is 23.1 Å². The molecule has 1 aromatic carbocycles. The van der Waals surface area contributed by atoms with Gasteiger partial charge in [0.15, 0.2) is 0 Å². The van der Waals surface area contributed by atoms with Gasteiger partial charge in [-0.25, -0.2) is 13.6 Å². The van der Waals surface area contributed by atoms with E-state index in [9.17, 15) is 13.2 Å². The molecule has 6 heteroatoms. The van der Waals surface area contributed by atoms with Crippen molar-refractivity contribution >= 4 is 21.6 Å². The van der Waals surface area contributed by atoms with Crippen LogP contribution in [0.25, 0.3) is 0 Å². The van der Waals surface area contributed by atoms with Crippen LogP contribution in [0.4, 0.5) is 5.69 Å². The Labute approximate surface area is 107 Å². The van der Waals surface area contributed by atoms with Gasteiger partial charge in [-0.2, -0.15) is 0 Å². The predicted molar refractivity (Wildman–Crippen MR) is 70.6 cm³/mol. The molecule has 0 aliphatic heterocycles. The summed E-state index contributed by atoms with van der Waals surface area (Å²) < 4.78 is 22.7. The monoisotopic (exact) mass is 270 g/mol. The van der Waals surface area contributed by atoms with Crippen molar-refractivity contribution in [3.05, 3.63) is 23.8 Å². The van der Waals surface area contributed by atoms with Crippen molar-refractivity contribution in [1.29, 1.82) is 0 Å². The molecule has 0 unspecified atom stereocenters. The fraction of sp³-hybridized carbons (Fsp3) is 0.417. The van der Waals surface area contributed by atoms with Crippen LogP contribution < -0.4 is 10.5 Å². The van der Waals surface area contributed by atoms with Crippen molar-refractivity contribution in [2.45, 2.75) is 32.1 Å². The third-order valence-electron chi connectivity index (χ3n) is 2.46. The summed E-state index contributed by atoms with van der Waals surface area (Å²) in [5.74, 6) is 0.103. The van der Waals surface area contributed by atoms with Crippen LogP contribution in [0, 0.1) is 12.8 Å². The molecule has 1 rings (SSSR count). The van der Waals surface area contributed by atoms with Crippen LogP contribution in [-0.2, 0) is 14.8 Å². The first-order valence-corrected chi connectivity index (χ1v) is 7.18. The number of amides is 1. The topological polar surface area (TPSA) is 89.3 Å². The maximum Gasteiger partial charge on any atom is 0.238 e. The average molecular weight is 270 g/mol. The van der Waals surface area contributed by atoms with Gasteiger partial charge in [0.05, 0.1) is 4.90 Å². The van der Waals surface area contributed by atoms with E-state index in [0.29, 0.717) is 17.7 Å². The van der Waals surface area contributed by atoms with Crippen molar-refractivity contribution < 1.29 is 13.2 Å². The quantitative estimate of drug-likeness (QED) is 0.871. The lowest BCUT2D eigenvalue weighted by molar-refractivity contribution is -0.116. The van der Waals surface area contributed by atoms with Crippen molar-refractivity contribution in [3.8, 4) is 0 Å². The summed E-state index contributed by atoms with van der Waals surface area (Å²) in [4.78, 5) is 11.7. The van der Waals surface area contributed by atoms with Crippen molar-refractivity contribution in [3.63, 3.8) is 0 Å². The molecule has 0 radical (unpaired) electrons. The summed E-state index contributed by atoms with van der Waals surface area (Å²) in [7, 11) is -3.77. The van der Waals surface area contributed by atoms with E-state index in [-0.39, 0.29) is 16.7 Å². The van der Waals surface area contributed by atoms with Crippen LogP contribution in [0.1, 0.15) is 25.8 Å². The highest BCUT2D eigenvalue weighted by Crippen LogP contribution is 2.22. The second kappa shape index (κ2) is 5.49. The van der Waals surface area contributed by atoms with Gasteiger partial charge in [-0.05, 0) is 30.5 Å².